The molecule has 1 heterocycles. The van der Waals surface area contributed by atoms with Crippen molar-refractivity contribution in [2.75, 3.05) is 20.7 Å². The summed E-state index contributed by atoms with van der Waals surface area (Å²) in [4.78, 5) is 4.23. The third kappa shape index (κ3) is 4.70. The van der Waals surface area contributed by atoms with Crippen molar-refractivity contribution < 1.29 is 13.9 Å². The number of hydrogen-bond acceptors (Lipinski definition) is 3. The van der Waals surface area contributed by atoms with E-state index in [0.717, 1.165) is 23.5 Å². The number of ether oxygens (including phenoxy) is 2. The lowest BCUT2D eigenvalue weighted by Crippen LogP contribution is -2.38. The maximum Gasteiger partial charge on any atom is 0.191 e. The van der Waals surface area contributed by atoms with Gasteiger partial charge in [-0.25, -0.2) is 4.39 Å². The predicted octanol–water partition coefficient (Wildman–Crippen LogP) is 3.07. The first-order valence-electron chi connectivity index (χ1n) is 9.15. The van der Waals surface area contributed by atoms with Gasteiger partial charge < -0.3 is 20.1 Å². The number of aliphatic imine (C=N–C) groups is 1. The quantitative estimate of drug-likeness (QED) is 0.605. The van der Waals surface area contributed by atoms with Crippen molar-refractivity contribution in [2.24, 2.45) is 4.99 Å². The molecule has 0 radical (unpaired) electrons. The van der Waals surface area contributed by atoms with Gasteiger partial charge in [0.05, 0.1) is 7.11 Å². The van der Waals surface area contributed by atoms with Gasteiger partial charge in [0.15, 0.2) is 5.96 Å². The highest BCUT2D eigenvalue weighted by Gasteiger charge is 2.21. The summed E-state index contributed by atoms with van der Waals surface area (Å²) >= 11 is 0. The minimum absolute atomic E-state index is 0.181. The summed E-state index contributed by atoms with van der Waals surface area (Å²) in [6.45, 7) is 3.20. The summed E-state index contributed by atoms with van der Waals surface area (Å²) in [5, 5.41) is 6.49. The van der Waals surface area contributed by atoms with Crippen molar-refractivity contribution >= 4 is 5.96 Å². The van der Waals surface area contributed by atoms with Crippen LogP contribution >= 0.6 is 0 Å². The molecule has 1 unspecified atom stereocenters. The molecule has 0 amide bonds. The van der Waals surface area contributed by atoms with Gasteiger partial charge in [0.25, 0.3) is 0 Å². The second-order valence-corrected chi connectivity index (χ2v) is 6.60. The van der Waals surface area contributed by atoms with Gasteiger partial charge in [0.2, 0.25) is 0 Å². The van der Waals surface area contributed by atoms with Gasteiger partial charge in [-0.1, -0.05) is 18.2 Å². The molecule has 0 bridgehead atoms. The van der Waals surface area contributed by atoms with Crippen LogP contribution in [0.4, 0.5) is 4.39 Å². The molecule has 2 N–H and O–H groups in total. The summed E-state index contributed by atoms with van der Waals surface area (Å²) in [5.74, 6) is 2.23. The zero-order valence-corrected chi connectivity index (χ0v) is 16.0. The van der Waals surface area contributed by atoms with Gasteiger partial charge >= 0.3 is 0 Å². The average Bonchev–Trinajstić information content (AvgIpc) is 3.03. The summed E-state index contributed by atoms with van der Waals surface area (Å²) in [6.07, 6.45) is 1.68. The van der Waals surface area contributed by atoms with Gasteiger partial charge in [-0.3, -0.25) is 4.99 Å². The van der Waals surface area contributed by atoms with E-state index in [4.69, 9.17) is 9.47 Å². The Balaban J connectivity index is 1.57. The minimum Gasteiger partial charge on any atom is -0.496 e. The van der Waals surface area contributed by atoms with Crippen LogP contribution in [0, 0.1) is 5.82 Å². The Hall–Kier alpha value is -2.76. The molecule has 0 saturated carbocycles. The van der Waals surface area contributed by atoms with E-state index in [9.17, 15) is 4.39 Å². The molecule has 0 saturated heterocycles. The third-order valence-electron chi connectivity index (χ3n) is 4.61. The number of benzene rings is 2. The summed E-state index contributed by atoms with van der Waals surface area (Å²) in [5.41, 5.74) is 2.87. The second kappa shape index (κ2) is 8.75. The van der Waals surface area contributed by atoms with E-state index in [0.29, 0.717) is 31.0 Å². The van der Waals surface area contributed by atoms with E-state index in [1.165, 1.54) is 11.6 Å². The van der Waals surface area contributed by atoms with E-state index in [1.54, 1.807) is 26.3 Å². The van der Waals surface area contributed by atoms with Crippen molar-refractivity contribution in [3.63, 3.8) is 0 Å². The molecule has 3 rings (SSSR count). The van der Waals surface area contributed by atoms with Gasteiger partial charge in [-0.2, -0.15) is 0 Å². The zero-order chi connectivity index (χ0) is 19.2. The van der Waals surface area contributed by atoms with E-state index < -0.39 is 0 Å². The molecule has 0 aromatic heterocycles. The Labute approximate surface area is 159 Å². The molecular formula is C21H26FN3O2. The zero-order valence-electron chi connectivity index (χ0n) is 16.0. The van der Waals surface area contributed by atoms with Crippen molar-refractivity contribution in [3.8, 4) is 11.5 Å². The molecule has 144 valence electrons. The smallest absolute Gasteiger partial charge is 0.191 e. The lowest BCUT2D eigenvalue weighted by molar-refractivity contribution is 0.254. The monoisotopic (exact) mass is 371 g/mol. The van der Waals surface area contributed by atoms with Gasteiger partial charge in [0, 0.05) is 37.7 Å². The van der Waals surface area contributed by atoms with Crippen LogP contribution in [-0.2, 0) is 19.4 Å². The molecule has 0 spiro atoms. The van der Waals surface area contributed by atoms with Gasteiger partial charge in [-0.05, 0) is 37.1 Å². The minimum atomic E-state index is -0.181. The van der Waals surface area contributed by atoms with Crippen LogP contribution in [0.5, 0.6) is 11.5 Å². The lowest BCUT2D eigenvalue weighted by Gasteiger charge is -2.15. The molecule has 1 atom stereocenters. The molecule has 2 aromatic rings. The van der Waals surface area contributed by atoms with Gasteiger partial charge in [-0.15, -0.1) is 0 Å². The van der Waals surface area contributed by atoms with Crippen LogP contribution in [-0.4, -0.2) is 32.8 Å². The first kappa shape index (κ1) is 19.0. The SMILES string of the molecule is CN=C(NCCc1ccccc1F)NCc1cc2c(cc1OC)CC(C)O2. The van der Waals surface area contributed by atoms with E-state index in [-0.39, 0.29) is 11.9 Å². The highest BCUT2D eigenvalue weighted by atomic mass is 19.1. The number of nitrogens with one attached hydrogen (secondary N) is 2. The maximum absolute atomic E-state index is 13.7. The standard InChI is InChI=1S/C21H26FN3O2/c1-14-10-16-11-19(26-3)17(12-20(16)27-14)13-25-21(23-2)24-9-8-15-6-4-5-7-18(15)22/h4-7,11-12,14H,8-10,13H2,1-3H3,(H2,23,24,25). The highest BCUT2D eigenvalue weighted by molar-refractivity contribution is 5.79. The first-order chi connectivity index (χ1) is 13.1. The number of methoxy groups -OCH3 is 1. The van der Waals surface area contributed by atoms with Gasteiger partial charge in [0.1, 0.15) is 23.4 Å². The average molecular weight is 371 g/mol. The van der Waals surface area contributed by atoms with Crippen LogP contribution in [0.15, 0.2) is 41.4 Å². The number of rotatable bonds is 6. The van der Waals surface area contributed by atoms with E-state index >= 15 is 0 Å². The van der Waals surface area contributed by atoms with Crippen molar-refractivity contribution in [1.29, 1.82) is 0 Å². The summed E-state index contributed by atoms with van der Waals surface area (Å²) in [7, 11) is 3.38. The molecule has 6 heteroatoms. The Bertz CT molecular complexity index is 823. The van der Waals surface area contributed by atoms with Crippen LogP contribution in [0.3, 0.4) is 0 Å². The largest absolute Gasteiger partial charge is 0.496 e. The molecule has 2 aromatic carbocycles. The number of guanidine groups is 1. The number of hydrogen-bond donors (Lipinski definition) is 2. The number of halogens is 1. The molecule has 5 nitrogen and oxygen atoms in total. The Morgan fingerprint density at radius 3 is 2.81 bits per heavy atom. The van der Waals surface area contributed by atoms with Crippen molar-refractivity contribution in [1.82, 2.24) is 10.6 Å². The molecule has 0 aliphatic carbocycles. The predicted molar refractivity (Wildman–Crippen MR) is 105 cm³/mol. The number of fused-ring (bicyclic) bond motifs is 1. The third-order valence-corrected chi connectivity index (χ3v) is 4.61. The van der Waals surface area contributed by atoms with E-state index in [2.05, 4.69) is 22.5 Å². The second-order valence-electron chi connectivity index (χ2n) is 6.60. The Kier molecular flexibility index (Phi) is 6.16. The molecule has 1 aliphatic heterocycles. The van der Waals surface area contributed by atoms with Crippen LogP contribution < -0.4 is 20.1 Å². The topological polar surface area (TPSA) is 54.9 Å². The normalized spacial score (nSPS) is 15.9. The Morgan fingerprint density at radius 2 is 2.07 bits per heavy atom. The molecule has 1 aliphatic rings. The lowest BCUT2D eigenvalue weighted by atomic mass is 10.1. The van der Waals surface area contributed by atoms with Crippen molar-refractivity contribution in [3.05, 3.63) is 58.9 Å². The molecule has 0 fully saturated rings. The van der Waals surface area contributed by atoms with E-state index in [1.807, 2.05) is 18.2 Å². The highest BCUT2D eigenvalue weighted by Crippen LogP contribution is 2.34. The van der Waals surface area contributed by atoms with Crippen LogP contribution in [0.1, 0.15) is 23.6 Å². The fourth-order valence-corrected chi connectivity index (χ4v) is 3.23. The summed E-state index contributed by atoms with van der Waals surface area (Å²) < 4.78 is 25.1. The first-order valence-corrected chi connectivity index (χ1v) is 9.15. The maximum atomic E-state index is 13.7. The Morgan fingerprint density at radius 1 is 1.26 bits per heavy atom. The fourth-order valence-electron chi connectivity index (χ4n) is 3.23. The van der Waals surface area contributed by atoms with Crippen molar-refractivity contribution in [2.45, 2.75) is 32.4 Å². The molecular weight excluding hydrogens is 345 g/mol. The molecule has 27 heavy (non-hydrogen) atoms. The fraction of sp³-hybridized carbons (Fsp3) is 0.381. The number of nitrogens with zero attached hydrogens (tertiary/aromatic N) is 1. The summed E-state index contributed by atoms with van der Waals surface area (Å²) in [6, 6.07) is 10.9. The van der Waals surface area contributed by atoms with Crippen LogP contribution in [0.25, 0.3) is 0 Å². The van der Waals surface area contributed by atoms with Crippen LogP contribution in [0.2, 0.25) is 0 Å².